The Morgan fingerprint density at radius 1 is 1.06 bits per heavy atom. The van der Waals surface area contributed by atoms with Gasteiger partial charge in [-0.25, -0.2) is 0 Å². The molecule has 0 amide bonds. The lowest BCUT2D eigenvalue weighted by molar-refractivity contribution is 0.191. The summed E-state index contributed by atoms with van der Waals surface area (Å²) in [4.78, 5) is 0. The zero-order valence-corrected chi connectivity index (χ0v) is 13.6. The highest BCUT2D eigenvalue weighted by atomic mass is 28.3. The maximum Gasteiger partial charge on any atom is 0.338 e. The summed E-state index contributed by atoms with van der Waals surface area (Å²) in [6, 6.07) is 0.700. The first-order valence-electron chi connectivity index (χ1n) is 7.81. The third-order valence-corrected chi connectivity index (χ3v) is 6.15. The molecule has 1 saturated carbocycles. The molecule has 0 aromatic rings. The Hall–Kier alpha value is 0.0969. The first-order valence-corrected chi connectivity index (χ1v) is 9.41. The van der Waals surface area contributed by atoms with Gasteiger partial charge in [-0.2, -0.15) is 0 Å². The quantitative estimate of drug-likeness (QED) is 0.655. The van der Waals surface area contributed by atoms with Crippen LogP contribution in [0.3, 0.4) is 0 Å². The molecule has 1 unspecified atom stereocenters. The van der Waals surface area contributed by atoms with Crippen molar-refractivity contribution in [3.05, 3.63) is 0 Å². The minimum atomic E-state index is -1.55. The van der Waals surface area contributed by atoms with E-state index in [9.17, 15) is 0 Å². The SMILES string of the molecule is CCCC(NC1CCCCC1)[SiH](OCC)OCC. The van der Waals surface area contributed by atoms with Crippen LogP contribution in [-0.2, 0) is 8.85 Å². The van der Waals surface area contributed by atoms with Gasteiger partial charge in [-0.15, -0.1) is 0 Å². The highest BCUT2D eigenvalue weighted by molar-refractivity contribution is 6.46. The molecule has 4 heteroatoms. The van der Waals surface area contributed by atoms with E-state index in [0.717, 1.165) is 13.2 Å². The Bertz CT molecular complexity index is 192. The minimum Gasteiger partial charge on any atom is -0.396 e. The van der Waals surface area contributed by atoms with Crippen LogP contribution >= 0.6 is 0 Å². The van der Waals surface area contributed by atoms with E-state index >= 15 is 0 Å². The molecule has 108 valence electrons. The normalized spacial score (nSPS) is 19.3. The molecule has 0 aromatic heterocycles. The summed E-state index contributed by atoms with van der Waals surface area (Å²) in [6.07, 6.45) is 9.23. The standard InChI is InChI=1S/C14H31NO2Si/c1-4-10-14(18(16-5-2)17-6-3)15-13-11-8-7-9-12-13/h13-15,18H,4-12H2,1-3H3. The van der Waals surface area contributed by atoms with Crippen molar-refractivity contribution in [2.75, 3.05) is 13.2 Å². The molecule has 3 nitrogen and oxygen atoms in total. The van der Waals surface area contributed by atoms with Gasteiger partial charge in [-0.05, 0) is 33.1 Å². The average Bonchev–Trinajstić information content (AvgIpc) is 2.39. The lowest BCUT2D eigenvalue weighted by Crippen LogP contribution is -2.51. The molecule has 0 radical (unpaired) electrons. The maximum atomic E-state index is 5.89. The fourth-order valence-corrected chi connectivity index (χ4v) is 5.04. The highest BCUT2D eigenvalue weighted by Gasteiger charge is 2.27. The Morgan fingerprint density at radius 2 is 1.67 bits per heavy atom. The predicted octanol–water partition coefficient (Wildman–Crippen LogP) is 2.91. The largest absolute Gasteiger partial charge is 0.396 e. The maximum absolute atomic E-state index is 5.89. The number of hydrogen-bond acceptors (Lipinski definition) is 3. The smallest absolute Gasteiger partial charge is 0.338 e. The van der Waals surface area contributed by atoms with E-state index in [0.29, 0.717) is 11.7 Å². The number of rotatable bonds is 9. The van der Waals surface area contributed by atoms with Gasteiger partial charge in [0.1, 0.15) is 0 Å². The fourth-order valence-electron chi connectivity index (χ4n) is 2.79. The molecule has 18 heavy (non-hydrogen) atoms. The van der Waals surface area contributed by atoms with Crippen LogP contribution in [0.2, 0.25) is 0 Å². The van der Waals surface area contributed by atoms with Crippen molar-refractivity contribution in [2.45, 2.75) is 77.4 Å². The molecule has 1 aliphatic rings. The second-order valence-corrected chi connectivity index (χ2v) is 7.38. The van der Waals surface area contributed by atoms with Gasteiger partial charge in [0.2, 0.25) is 0 Å². The van der Waals surface area contributed by atoms with Crippen molar-refractivity contribution in [1.82, 2.24) is 5.32 Å². The van der Waals surface area contributed by atoms with Crippen LogP contribution in [0.25, 0.3) is 0 Å². The molecule has 1 rings (SSSR count). The molecule has 0 aromatic carbocycles. The van der Waals surface area contributed by atoms with Crippen molar-refractivity contribution >= 4 is 9.28 Å². The molecule has 0 heterocycles. The number of nitrogens with one attached hydrogen (secondary N) is 1. The molecular formula is C14H31NO2Si. The molecule has 1 atom stereocenters. The third kappa shape index (κ3) is 5.82. The summed E-state index contributed by atoms with van der Waals surface area (Å²) in [5.74, 6) is 0. The first-order chi connectivity index (χ1) is 8.81. The van der Waals surface area contributed by atoms with Gasteiger partial charge in [0.05, 0.1) is 0 Å². The minimum absolute atomic E-state index is 0.484. The van der Waals surface area contributed by atoms with E-state index < -0.39 is 9.28 Å². The van der Waals surface area contributed by atoms with Gasteiger partial charge in [-0.1, -0.05) is 32.6 Å². The van der Waals surface area contributed by atoms with E-state index in [1.165, 1.54) is 44.9 Å². The van der Waals surface area contributed by atoms with Gasteiger partial charge < -0.3 is 14.2 Å². The van der Waals surface area contributed by atoms with Gasteiger partial charge in [0.15, 0.2) is 0 Å². The molecule has 0 saturated heterocycles. The van der Waals surface area contributed by atoms with Crippen LogP contribution in [-0.4, -0.2) is 34.2 Å². The van der Waals surface area contributed by atoms with Crippen LogP contribution in [0.15, 0.2) is 0 Å². The molecule has 0 spiro atoms. The lowest BCUT2D eigenvalue weighted by Gasteiger charge is -2.31. The van der Waals surface area contributed by atoms with Crippen molar-refractivity contribution < 1.29 is 8.85 Å². The summed E-state index contributed by atoms with van der Waals surface area (Å²) in [7, 11) is -1.55. The molecule has 1 N–H and O–H groups in total. The van der Waals surface area contributed by atoms with Crippen LogP contribution in [0.4, 0.5) is 0 Å². The van der Waals surface area contributed by atoms with Gasteiger partial charge in [0, 0.05) is 24.9 Å². The van der Waals surface area contributed by atoms with Gasteiger partial charge >= 0.3 is 9.28 Å². The van der Waals surface area contributed by atoms with E-state index in [2.05, 4.69) is 26.1 Å². The van der Waals surface area contributed by atoms with Crippen molar-refractivity contribution in [1.29, 1.82) is 0 Å². The van der Waals surface area contributed by atoms with Gasteiger partial charge in [-0.3, -0.25) is 0 Å². The second-order valence-electron chi connectivity index (χ2n) is 5.18. The molecule has 0 bridgehead atoms. The summed E-state index contributed by atoms with van der Waals surface area (Å²) in [5, 5.41) is 3.84. The van der Waals surface area contributed by atoms with Crippen LogP contribution < -0.4 is 5.32 Å². The van der Waals surface area contributed by atoms with Crippen LogP contribution in [0.5, 0.6) is 0 Å². The second kappa shape index (κ2) is 9.95. The van der Waals surface area contributed by atoms with Crippen molar-refractivity contribution in [3.8, 4) is 0 Å². The molecule has 1 aliphatic carbocycles. The number of hydrogen-bond donors (Lipinski definition) is 1. The van der Waals surface area contributed by atoms with Crippen LogP contribution in [0, 0.1) is 0 Å². The van der Waals surface area contributed by atoms with Crippen molar-refractivity contribution in [3.63, 3.8) is 0 Å². The molecular weight excluding hydrogens is 242 g/mol. The van der Waals surface area contributed by atoms with E-state index in [1.54, 1.807) is 0 Å². The Balaban J connectivity index is 2.48. The van der Waals surface area contributed by atoms with Crippen molar-refractivity contribution in [2.24, 2.45) is 0 Å². The Kier molecular flexibility index (Phi) is 8.93. The van der Waals surface area contributed by atoms with Crippen LogP contribution in [0.1, 0.15) is 65.7 Å². The summed E-state index contributed by atoms with van der Waals surface area (Å²) in [6.45, 7) is 7.96. The fraction of sp³-hybridized carbons (Fsp3) is 1.00. The Morgan fingerprint density at radius 3 is 2.17 bits per heavy atom. The topological polar surface area (TPSA) is 30.5 Å². The predicted molar refractivity (Wildman–Crippen MR) is 79.1 cm³/mol. The molecule has 1 fully saturated rings. The molecule has 0 aliphatic heterocycles. The summed E-state index contributed by atoms with van der Waals surface area (Å²) >= 11 is 0. The zero-order chi connectivity index (χ0) is 13.2. The summed E-state index contributed by atoms with van der Waals surface area (Å²) in [5.41, 5.74) is 0.484. The monoisotopic (exact) mass is 273 g/mol. The van der Waals surface area contributed by atoms with E-state index in [4.69, 9.17) is 8.85 Å². The Labute approximate surface area is 114 Å². The first kappa shape index (κ1) is 16.2. The average molecular weight is 273 g/mol. The third-order valence-electron chi connectivity index (χ3n) is 3.65. The van der Waals surface area contributed by atoms with E-state index in [-0.39, 0.29) is 0 Å². The van der Waals surface area contributed by atoms with Gasteiger partial charge in [0.25, 0.3) is 0 Å². The lowest BCUT2D eigenvalue weighted by atomic mass is 9.95. The zero-order valence-electron chi connectivity index (χ0n) is 12.4. The van der Waals surface area contributed by atoms with E-state index in [1.807, 2.05) is 0 Å². The highest BCUT2D eigenvalue weighted by Crippen LogP contribution is 2.19. The summed E-state index contributed by atoms with van der Waals surface area (Å²) < 4.78 is 11.8.